The van der Waals surface area contributed by atoms with E-state index in [1.807, 2.05) is 0 Å². The van der Waals surface area contributed by atoms with Gasteiger partial charge in [0.2, 0.25) is 0 Å². The Bertz CT molecular complexity index is 647. The second kappa shape index (κ2) is 11.5. The van der Waals surface area contributed by atoms with E-state index in [1.54, 1.807) is 0 Å². The summed E-state index contributed by atoms with van der Waals surface area (Å²) in [6, 6.07) is 0.620. The number of hydrogen-bond donors (Lipinski definition) is 5. The van der Waals surface area contributed by atoms with Crippen LogP contribution in [0.3, 0.4) is 0 Å². The smallest absolute Gasteiger partial charge is 0.0577 e. The fourth-order valence-electron chi connectivity index (χ4n) is 9.55. The van der Waals surface area contributed by atoms with Gasteiger partial charge in [0.25, 0.3) is 0 Å². The maximum Gasteiger partial charge on any atom is 0.0577 e. The Morgan fingerprint density at radius 2 is 1.65 bits per heavy atom. The summed E-state index contributed by atoms with van der Waals surface area (Å²) in [4.78, 5) is 0. The van der Waals surface area contributed by atoms with Crippen molar-refractivity contribution >= 4 is 0 Å². The van der Waals surface area contributed by atoms with Gasteiger partial charge in [-0.1, -0.05) is 20.8 Å². The van der Waals surface area contributed by atoms with Gasteiger partial charge in [0.1, 0.15) is 0 Å². The van der Waals surface area contributed by atoms with Gasteiger partial charge in [-0.05, 0) is 143 Å². The van der Waals surface area contributed by atoms with Crippen LogP contribution in [0.15, 0.2) is 0 Å². The maximum atomic E-state index is 11.5. The highest BCUT2D eigenvalue weighted by molar-refractivity contribution is 5.12. The Morgan fingerprint density at radius 3 is 2.41 bits per heavy atom. The van der Waals surface area contributed by atoms with Crippen molar-refractivity contribution in [3.05, 3.63) is 0 Å². The minimum absolute atomic E-state index is 0.132. The second-order valence-electron chi connectivity index (χ2n) is 13.2. The molecule has 5 heteroatoms. The van der Waals surface area contributed by atoms with Gasteiger partial charge in [0.15, 0.2) is 0 Å². The van der Waals surface area contributed by atoms with E-state index in [0.29, 0.717) is 59.0 Å². The molecule has 198 valence electrons. The molecule has 0 aromatic rings. The number of aliphatic hydroxyl groups excluding tert-OH is 2. The third-order valence-electron chi connectivity index (χ3n) is 11.5. The molecule has 4 aliphatic rings. The summed E-state index contributed by atoms with van der Waals surface area (Å²) in [5.74, 6) is 3.47. The molecular formula is C29H55N3O2. The molecule has 0 spiro atoms. The average Bonchev–Trinajstić information content (AvgIpc) is 3.18. The Hall–Kier alpha value is -0.200. The maximum absolute atomic E-state index is 11.5. The van der Waals surface area contributed by atoms with Crippen LogP contribution in [0, 0.1) is 46.3 Å². The number of rotatable bonds is 11. The van der Waals surface area contributed by atoms with Crippen molar-refractivity contribution in [2.24, 2.45) is 52.1 Å². The first-order valence-corrected chi connectivity index (χ1v) is 14.8. The van der Waals surface area contributed by atoms with Gasteiger partial charge in [0, 0.05) is 12.6 Å². The van der Waals surface area contributed by atoms with Crippen LogP contribution < -0.4 is 16.4 Å². The van der Waals surface area contributed by atoms with E-state index in [4.69, 9.17) is 5.73 Å². The molecular weight excluding hydrogens is 422 g/mol. The lowest BCUT2D eigenvalue weighted by molar-refractivity contribution is -0.167. The molecule has 4 rings (SSSR count). The molecule has 0 bridgehead atoms. The molecule has 4 aliphatic carbocycles. The molecule has 0 saturated heterocycles. The van der Waals surface area contributed by atoms with E-state index in [1.165, 1.54) is 57.8 Å². The summed E-state index contributed by atoms with van der Waals surface area (Å²) in [5.41, 5.74) is 6.27. The summed E-state index contributed by atoms with van der Waals surface area (Å²) in [6.45, 7) is 11.7. The lowest BCUT2D eigenvalue weighted by Gasteiger charge is -2.62. The number of nitrogens with two attached hydrogens (primary N) is 1. The van der Waals surface area contributed by atoms with Crippen LogP contribution in [-0.2, 0) is 0 Å². The Labute approximate surface area is 209 Å². The largest absolute Gasteiger partial charge is 0.396 e. The molecule has 4 fully saturated rings. The molecule has 34 heavy (non-hydrogen) atoms. The lowest BCUT2D eigenvalue weighted by atomic mass is 9.43. The third kappa shape index (κ3) is 5.11. The Balaban J connectivity index is 1.31. The van der Waals surface area contributed by atoms with Crippen molar-refractivity contribution in [1.29, 1.82) is 0 Å². The van der Waals surface area contributed by atoms with Crippen LogP contribution in [0.4, 0.5) is 0 Å². The highest BCUT2D eigenvalue weighted by Crippen LogP contribution is 2.68. The van der Waals surface area contributed by atoms with Gasteiger partial charge in [-0.3, -0.25) is 0 Å². The van der Waals surface area contributed by atoms with Gasteiger partial charge in [0.05, 0.1) is 6.10 Å². The summed E-state index contributed by atoms with van der Waals surface area (Å²) in [5, 5.41) is 28.8. The molecule has 0 aromatic carbocycles. The van der Waals surface area contributed by atoms with Crippen LogP contribution >= 0.6 is 0 Å². The fourth-order valence-corrected chi connectivity index (χ4v) is 9.55. The number of aliphatic hydroxyl groups is 2. The lowest BCUT2D eigenvalue weighted by Crippen LogP contribution is -2.59. The van der Waals surface area contributed by atoms with Gasteiger partial charge in [-0.25, -0.2) is 0 Å². The standard InChI is InChI=1S/C29H55N3O2/c1-20(19-33)23-7-8-24-27-25(10-12-29(23,24)3)28(2)11-9-22(17-21(28)18-26(27)34)32-16-6-15-31-14-5-4-13-30/h20-27,31-34H,4-19,30H2,1-3H3/t20-,21+,22-,23+,24-,25-,26+,27-,28-,29+/m0/s1. The molecule has 0 aliphatic heterocycles. The quantitative estimate of drug-likeness (QED) is 0.291. The van der Waals surface area contributed by atoms with Crippen molar-refractivity contribution < 1.29 is 10.2 Å². The van der Waals surface area contributed by atoms with Crippen LogP contribution in [-0.4, -0.2) is 55.1 Å². The van der Waals surface area contributed by atoms with Crippen molar-refractivity contribution in [2.45, 2.75) is 104 Å². The second-order valence-corrected chi connectivity index (χ2v) is 13.2. The molecule has 0 radical (unpaired) electrons. The molecule has 6 N–H and O–H groups in total. The molecule has 0 unspecified atom stereocenters. The monoisotopic (exact) mass is 477 g/mol. The predicted molar refractivity (Wildman–Crippen MR) is 140 cm³/mol. The van der Waals surface area contributed by atoms with Crippen molar-refractivity contribution in [1.82, 2.24) is 10.6 Å². The minimum Gasteiger partial charge on any atom is -0.396 e. The van der Waals surface area contributed by atoms with Gasteiger partial charge in [-0.2, -0.15) is 0 Å². The van der Waals surface area contributed by atoms with Crippen molar-refractivity contribution in [2.75, 3.05) is 32.8 Å². The van der Waals surface area contributed by atoms with E-state index in [2.05, 4.69) is 31.4 Å². The molecule has 4 saturated carbocycles. The molecule has 0 aromatic heterocycles. The van der Waals surface area contributed by atoms with E-state index in [-0.39, 0.29) is 6.10 Å². The predicted octanol–water partition coefficient (Wildman–Crippen LogP) is 3.92. The zero-order chi connectivity index (χ0) is 24.3. The van der Waals surface area contributed by atoms with Gasteiger partial charge in [-0.15, -0.1) is 0 Å². The molecule has 5 nitrogen and oxygen atoms in total. The van der Waals surface area contributed by atoms with E-state index in [9.17, 15) is 10.2 Å². The zero-order valence-electron chi connectivity index (χ0n) is 22.4. The number of unbranched alkanes of at least 4 members (excludes halogenated alkanes) is 1. The van der Waals surface area contributed by atoms with E-state index >= 15 is 0 Å². The fraction of sp³-hybridized carbons (Fsp3) is 1.00. The van der Waals surface area contributed by atoms with Crippen LogP contribution in [0.25, 0.3) is 0 Å². The first-order valence-electron chi connectivity index (χ1n) is 14.8. The summed E-state index contributed by atoms with van der Waals surface area (Å²) >= 11 is 0. The highest BCUT2D eigenvalue weighted by atomic mass is 16.3. The highest BCUT2D eigenvalue weighted by Gasteiger charge is 2.62. The van der Waals surface area contributed by atoms with E-state index in [0.717, 1.165) is 39.0 Å². The summed E-state index contributed by atoms with van der Waals surface area (Å²) in [7, 11) is 0. The minimum atomic E-state index is -0.132. The summed E-state index contributed by atoms with van der Waals surface area (Å²) in [6.07, 6.45) is 13.3. The van der Waals surface area contributed by atoms with Crippen molar-refractivity contribution in [3.63, 3.8) is 0 Å². The van der Waals surface area contributed by atoms with Gasteiger partial charge >= 0.3 is 0 Å². The number of fused-ring (bicyclic) bond motifs is 5. The first-order chi connectivity index (χ1) is 16.3. The average molecular weight is 478 g/mol. The molecule has 10 atom stereocenters. The van der Waals surface area contributed by atoms with E-state index < -0.39 is 0 Å². The normalized spacial score (nSPS) is 44.8. The molecule has 0 amide bonds. The van der Waals surface area contributed by atoms with Crippen LogP contribution in [0.5, 0.6) is 0 Å². The number of nitrogens with one attached hydrogen (secondary N) is 2. The van der Waals surface area contributed by atoms with Crippen LogP contribution in [0.1, 0.15) is 91.4 Å². The number of hydrogen-bond acceptors (Lipinski definition) is 5. The zero-order valence-corrected chi connectivity index (χ0v) is 22.4. The Kier molecular flexibility index (Phi) is 9.05. The summed E-state index contributed by atoms with van der Waals surface area (Å²) < 4.78 is 0. The van der Waals surface area contributed by atoms with Crippen molar-refractivity contribution in [3.8, 4) is 0 Å². The topological polar surface area (TPSA) is 90.5 Å². The SMILES string of the molecule is C[C@@H](CO)[C@H]1CC[C@H]2[C@@H]3[C@H](O)C[C@H]4C[C@@H](NCCCNCCCCN)CC[C@]4(C)[C@H]3CC[C@]12C. The third-order valence-corrected chi connectivity index (χ3v) is 11.5. The first kappa shape index (κ1) is 26.9. The Morgan fingerprint density at radius 1 is 0.912 bits per heavy atom. The van der Waals surface area contributed by atoms with Gasteiger partial charge < -0.3 is 26.6 Å². The molecule has 0 heterocycles. The van der Waals surface area contributed by atoms with Crippen LogP contribution in [0.2, 0.25) is 0 Å².